The molecule has 0 fully saturated rings. The van der Waals surface area contributed by atoms with Crippen molar-refractivity contribution in [3.05, 3.63) is 77.4 Å². The van der Waals surface area contributed by atoms with Gasteiger partial charge in [0.25, 0.3) is 0 Å². The van der Waals surface area contributed by atoms with Crippen LogP contribution < -0.4 is 0 Å². The Kier molecular flexibility index (Phi) is 4.14. The molecule has 2 heteroatoms. The highest BCUT2D eigenvalue weighted by Gasteiger charge is 2.13. The van der Waals surface area contributed by atoms with Gasteiger partial charge in [-0.25, -0.2) is 0 Å². The molecule has 0 aromatic heterocycles. The fourth-order valence-electron chi connectivity index (χ4n) is 2.72. The number of rotatable bonds is 3. The van der Waals surface area contributed by atoms with Crippen LogP contribution in [0.15, 0.2) is 60.7 Å². The second-order valence-corrected chi connectivity index (χ2v) is 5.39. The predicted octanol–water partition coefficient (Wildman–Crippen LogP) is 3.85. The van der Waals surface area contributed by atoms with Gasteiger partial charge in [-0.2, -0.15) is 5.26 Å². The summed E-state index contributed by atoms with van der Waals surface area (Å²) in [7, 11) is 0. The van der Waals surface area contributed by atoms with Crippen LogP contribution in [0.3, 0.4) is 0 Å². The molecule has 0 amide bonds. The number of hydrogen-bond donors (Lipinski definition) is 0. The Morgan fingerprint density at radius 3 is 2.38 bits per heavy atom. The van der Waals surface area contributed by atoms with Crippen LogP contribution in [-0.2, 0) is 6.54 Å². The molecule has 0 saturated carbocycles. The minimum absolute atomic E-state index is 0.723. The van der Waals surface area contributed by atoms with Crippen molar-refractivity contribution >= 4 is 5.57 Å². The lowest BCUT2D eigenvalue weighted by Gasteiger charge is -2.26. The quantitative estimate of drug-likeness (QED) is 0.850. The first-order valence-electron chi connectivity index (χ1n) is 7.31. The van der Waals surface area contributed by atoms with E-state index in [0.717, 1.165) is 31.6 Å². The van der Waals surface area contributed by atoms with Gasteiger partial charge in [-0.05, 0) is 35.3 Å². The molecule has 0 aliphatic carbocycles. The van der Waals surface area contributed by atoms with E-state index in [0.29, 0.717) is 0 Å². The fourth-order valence-corrected chi connectivity index (χ4v) is 2.72. The maximum absolute atomic E-state index is 8.84. The average Bonchev–Trinajstić information content (AvgIpc) is 2.57. The average molecular weight is 274 g/mol. The summed E-state index contributed by atoms with van der Waals surface area (Å²) in [5.74, 6) is 0. The zero-order valence-electron chi connectivity index (χ0n) is 12.0. The molecule has 104 valence electrons. The first-order chi connectivity index (χ1) is 10.3. The highest BCUT2D eigenvalue weighted by molar-refractivity contribution is 5.67. The summed E-state index contributed by atoms with van der Waals surface area (Å²) in [6, 6.07) is 20.7. The van der Waals surface area contributed by atoms with Gasteiger partial charge in [0, 0.05) is 19.6 Å². The van der Waals surface area contributed by atoms with Crippen LogP contribution in [0.5, 0.6) is 0 Å². The molecule has 1 heterocycles. The minimum Gasteiger partial charge on any atom is -0.295 e. The molecule has 1 aliphatic heterocycles. The lowest BCUT2D eigenvalue weighted by molar-refractivity contribution is 0.294. The monoisotopic (exact) mass is 274 g/mol. The highest BCUT2D eigenvalue weighted by atomic mass is 15.1. The van der Waals surface area contributed by atoms with E-state index in [2.05, 4.69) is 59.5 Å². The summed E-state index contributed by atoms with van der Waals surface area (Å²) in [5, 5.41) is 8.84. The highest BCUT2D eigenvalue weighted by Crippen LogP contribution is 2.23. The van der Waals surface area contributed by atoms with Crippen LogP contribution in [0.25, 0.3) is 5.57 Å². The van der Waals surface area contributed by atoms with Crippen molar-refractivity contribution in [2.75, 3.05) is 13.1 Å². The summed E-state index contributed by atoms with van der Waals surface area (Å²) in [6.07, 6.45) is 3.38. The maximum atomic E-state index is 8.84. The molecule has 0 atom stereocenters. The molecule has 0 bridgehead atoms. The summed E-state index contributed by atoms with van der Waals surface area (Å²) in [5.41, 5.74) is 4.73. The van der Waals surface area contributed by atoms with Gasteiger partial charge in [-0.3, -0.25) is 4.90 Å². The normalized spacial score (nSPS) is 15.3. The maximum Gasteiger partial charge on any atom is 0.0991 e. The number of hydrogen-bond acceptors (Lipinski definition) is 2. The van der Waals surface area contributed by atoms with Crippen LogP contribution in [0.1, 0.15) is 23.1 Å². The van der Waals surface area contributed by atoms with Gasteiger partial charge in [0.2, 0.25) is 0 Å². The van der Waals surface area contributed by atoms with E-state index in [1.54, 1.807) is 0 Å². The lowest BCUT2D eigenvalue weighted by atomic mass is 9.98. The molecule has 2 aromatic rings. The third-order valence-electron chi connectivity index (χ3n) is 3.93. The van der Waals surface area contributed by atoms with Crippen LogP contribution in [0.4, 0.5) is 0 Å². The molecule has 21 heavy (non-hydrogen) atoms. The van der Waals surface area contributed by atoms with Crippen molar-refractivity contribution in [2.24, 2.45) is 0 Å². The van der Waals surface area contributed by atoms with Crippen LogP contribution >= 0.6 is 0 Å². The SMILES string of the molecule is N#Cc1ccc(C2=CCN(Cc3ccccc3)CC2)cc1. The van der Waals surface area contributed by atoms with Gasteiger partial charge in [-0.15, -0.1) is 0 Å². The third-order valence-corrected chi connectivity index (χ3v) is 3.93. The molecule has 1 aliphatic rings. The zero-order chi connectivity index (χ0) is 14.5. The Balaban J connectivity index is 1.65. The smallest absolute Gasteiger partial charge is 0.0991 e. The largest absolute Gasteiger partial charge is 0.295 e. The van der Waals surface area contributed by atoms with Crippen molar-refractivity contribution in [1.82, 2.24) is 4.90 Å². The van der Waals surface area contributed by atoms with E-state index >= 15 is 0 Å². The molecule has 0 N–H and O–H groups in total. The fraction of sp³-hybridized carbons (Fsp3) is 0.211. The molecular weight excluding hydrogens is 256 g/mol. The Labute approximate surface area is 126 Å². The minimum atomic E-state index is 0.723. The van der Waals surface area contributed by atoms with Gasteiger partial charge in [-0.1, -0.05) is 48.5 Å². The van der Waals surface area contributed by atoms with Crippen molar-refractivity contribution in [3.8, 4) is 6.07 Å². The Hall–Kier alpha value is -2.37. The Bertz CT molecular complexity index is 663. The molecule has 3 rings (SSSR count). The zero-order valence-corrected chi connectivity index (χ0v) is 12.0. The second kappa shape index (κ2) is 6.39. The predicted molar refractivity (Wildman–Crippen MR) is 85.5 cm³/mol. The van der Waals surface area contributed by atoms with E-state index < -0.39 is 0 Å². The van der Waals surface area contributed by atoms with E-state index in [1.807, 2.05) is 12.1 Å². The van der Waals surface area contributed by atoms with Crippen molar-refractivity contribution < 1.29 is 0 Å². The molecule has 2 aromatic carbocycles. The molecule has 0 spiro atoms. The van der Waals surface area contributed by atoms with Crippen LogP contribution in [0.2, 0.25) is 0 Å². The van der Waals surface area contributed by atoms with Crippen molar-refractivity contribution in [3.63, 3.8) is 0 Å². The third kappa shape index (κ3) is 3.39. The van der Waals surface area contributed by atoms with Crippen LogP contribution in [0, 0.1) is 11.3 Å². The van der Waals surface area contributed by atoms with E-state index in [4.69, 9.17) is 5.26 Å². The Morgan fingerprint density at radius 1 is 1.00 bits per heavy atom. The number of nitrogens with zero attached hydrogens (tertiary/aromatic N) is 2. The standard InChI is InChI=1S/C19H18N2/c20-14-16-6-8-18(9-7-16)19-10-12-21(13-11-19)15-17-4-2-1-3-5-17/h1-10H,11-13,15H2. The second-order valence-electron chi connectivity index (χ2n) is 5.39. The van der Waals surface area contributed by atoms with E-state index in [9.17, 15) is 0 Å². The van der Waals surface area contributed by atoms with Gasteiger partial charge in [0.15, 0.2) is 0 Å². The lowest BCUT2D eigenvalue weighted by Crippen LogP contribution is -2.27. The molecule has 2 nitrogen and oxygen atoms in total. The van der Waals surface area contributed by atoms with Crippen molar-refractivity contribution in [1.29, 1.82) is 5.26 Å². The number of benzene rings is 2. The first kappa shape index (κ1) is 13.6. The summed E-state index contributed by atoms with van der Waals surface area (Å²) in [4.78, 5) is 2.46. The summed E-state index contributed by atoms with van der Waals surface area (Å²) < 4.78 is 0. The van der Waals surface area contributed by atoms with Gasteiger partial charge in [0.05, 0.1) is 11.6 Å². The van der Waals surface area contributed by atoms with Gasteiger partial charge in [0.1, 0.15) is 0 Å². The summed E-state index contributed by atoms with van der Waals surface area (Å²) in [6.45, 7) is 3.09. The number of nitriles is 1. The van der Waals surface area contributed by atoms with E-state index in [1.165, 1.54) is 16.7 Å². The van der Waals surface area contributed by atoms with Crippen LogP contribution in [-0.4, -0.2) is 18.0 Å². The first-order valence-corrected chi connectivity index (χ1v) is 7.31. The van der Waals surface area contributed by atoms with Crippen molar-refractivity contribution in [2.45, 2.75) is 13.0 Å². The molecule has 0 radical (unpaired) electrons. The van der Waals surface area contributed by atoms with Gasteiger partial charge < -0.3 is 0 Å². The molecule has 0 unspecified atom stereocenters. The molecule has 0 saturated heterocycles. The topological polar surface area (TPSA) is 27.0 Å². The van der Waals surface area contributed by atoms with E-state index in [-0.39, 0.29) is 0 Å². The van der Waals surface area contributed by atoms with Gasteiger partial charge >= 0.3 is 0 Å². The summed E-state index contributed by atoms with van der Waals surface area (Å²) >= 11 is 0. The molecular formula is C19H18N2. The Morgan fingerprint density at radius 2 is 1.76 bits per heavy atom.